The predicted molar refractivity (Wildman–Crippen MR) is 115 cm³/mol. The molecule has 0 unspecified atom stereocenters. The first-order chi connectivity index (χ1) is 14.0. The normalized spacial score (nSPS) is 11.4. The van der Waals surface area contributed by atoms with Gasteiger partial charge in [0.25, 0.3) is 0 Å². The molecule has 0 fully saturated rings. The molecule has 2 aromatic carbocycles. The van der Waals surface area contributed by atoms with Crippen LogP contribution in [0.25, 0.3) is 10.9 Å². The van der Waals surface area contributed by atoms with Gasteiger partial charge in [0.05, 0.1) is 16.1 Å². The fourth-order valence-corrected chi connectivity index (χ4v) is 3.52. The van der Waals surface area contributed by atoms with Gasteiger partial charge >= 0.3 is 5.69 Å². The van der Waals surface area contributed by atoms with Crippen LogP contribution in [-0.4, -0.2) is 34.0 Å². The van der Waals surface area contributed by atoms with Crippen molar-refractivity contribution in [1.29, 1.82) is 0 Å². The first-order valence-electron chi connectivity index (χ1n) is 8.89. The van der Waals surface area contributed by atoms with Gasteiger partial charge in [0.15, 0.2) is 0 Å². The number of fused-ring (bicyclic) bond motifs is 1. The Labute approximate surface area is 172 Å². The summed E-state index contributed by atoms with van der Waals surface area (Å²) >= 11 is 1.49. The molecule has 1 heterocycles. The van der Waals surface area contributed by atoms with Gasteiger partial charge in [-0.15, -0.1) is 11.8 Å². The third-order valence-corrected chi connectivity index (χ3v) is 5.20. The first-order valence-corrected chi connectivity index (χ1v) is 9.87. The molecule has 0 saturated heterocycles. The summed E-state index contributed by atoms with van der Waals surface area (Å²) < 4.78 is 5.79. The highest BCUT2D eigenvalue weighted by Gasteiger charge is 2.16. The number of aromatic nitrogens is 1. The number of nitro groups is 1. The van der Waals surface area contributed by atoms with Gasteiger partial charge in [-0.2, -0.15) is 0 Å². The zero-order valence-electron chi connectivity index (χ0n) is 16.0. The van der Waals surface area contributed by atoms with E-state index >= 15 is 0 Å². The fraction of sp³-hybridized carbons (Fsp3) is 0.190. The van der Waals surface area contributed by atoms with E-state index in [0.29, 0.717) is 17.9 Å². The van der Waals surface area contributed by atoms with E-state index in [-0.39, 0.29) is 11.4 Å². The second-order valence-corrected chi connectivity index (χ2v) is 7.30. The number of carbonyl (C=O) groups excluding carboxylic acids is 1. The summed E-state index contributed by atoms with van der Waals surface area (Å²) in [5.41, 5.74) is 2.28. The van der Waals surface area contributed by atoms with Gasteiger partial charge in [0.1, 0.15) is 17.1 Å². The monoisotopic (exact) mass is 409 g/mol. The van der Waals surface area contributed by atoms with Crippen molar-refractivity contribution in [1.82, 2.24) is 4.98 Å². The molecule has 0 spiro atoms. The molecule has 0 saturated carbocycles. The number of thioether (sulfide) groups is 1. The zero-order valence-corrected chi connectivity index (χ0v) is 16.8. The number of rotatable bonds is 7. The Morgan fingerprint density at radius 2 is 2.07 bits per heavy atom. The molecular weight excluding hydrogens is 390 g/mol. The summed E-state index contributed by atoms with van der Waals surface area (Å²) in [6.07, 6.45) is 1.34. The van der Waals surface area contributed by atoms with Crippen LogP contribution in [-0.2, 0) is 4.79 Å². The van der Waals surface area contributed by atoms with Crippen molar-refractivity contribution < 1.29 is 14.5 Å². The van der Waals surface area contributed by atoms with Crippen LogP contribution in [0.5, 0.6) is 11.5 Å². The summed E-state index contributed by atoms with van der Waals surface area (Å²) in [5, 5.41) is 12.9. The number of aldehydes is 1. The number of hydrogen-bond donors (Lipinski definition) is 0. The molecule has 29 heavy (non-hydrogen) atoms. The van der Waals surface area contributed by atoms with Crippen LogP contribution in [0.2, 0.25) is 0 Å². The minimum absolute atomic E-state index is 0.0830. The maximum atomic E-state index is 11.2. The van der Waals surface area contributed by atoms with Crippen molar-refractivity contribution in [3.63, 3.8) is 0 Å². The lowest BCUT2D eigenvalue weighted by molar-refractivity contribution is -0.385. The third kappa shape index (κ3) is 4.97. The fourth-order valence-electron chi connectivity index (χ4n) is 2.72. The number of hydrogen-bond acceptors (Lipinski definition) is 7. The Morgan fingerprint density at radius 1 is 1.24 bits per heavy atom. The summed E-state index contributed by atoms with van der Waals surface area (Å²) in [5.74, 6) is 1.34. The standard InChI is InChI=1S/C21H19N3O4S/c1-14-4-9-19(24(26)27)20(12-14)28-16-6-8-17-15(13-16)5-7-18(23-17)21(22-2)29-11-3-10-25/h4-10,12-13H,3,11H2,1-2H3/b22-21-. The van der Waals surface area contributed by atoms with Gasteiger partial charge in [-0.3, -0.25) is 15.1 Å². The molecule has 0 bridgehead atoms. The molecule has 1 aromatic heterocycles. The lowest BCUT2D eigenvalue weighted by Crippen LogP contribution is -2.01. The maximum absolute atomic E-state index is 11.2. The Bertz CT molecular complexity index is 1100. The number of aliphatic imine (C=N–C) groups is 1. The van der Waals surface area contributed by atoms with Crippen LogP contribution in [0.3, 0.4) is 0 Å². The van der Waals surface area contributed by atoms with Crippen molar-refractivity contribution >= 4 is 39.7 Å². The number of benzene rings is 2. The Kier molecular flexibility index (Phi) is 6.56. The molecule has 0 atom stereocenters. The third-order valence-electron chi connectivity index (χ3n) is 4.10. The minimum Gasteiger partial charge on any atom is -0.450 e. The Balaban J connectivity index is 1.87. The molecule has 148 valence electrons. The first kappa shape index (κ1) is 20.5. The molecule has 3 rings (SSSR count). The van der Waals surface area contributed by atoms with Crippen molar-refractivity contribution in [3.05, 3.63) is 69.9 Å². The molecule has 7 nitrogen and oxygen atoms in total. The average molecular weight is 409 g/mol. The smallest absolute Gasteiger partial charge is 0.311 e. The van der Waals surface area contributed by atoms with Gasteiger partial charge in [0, 0.05) is 30.7 Å². The van der Waals surface area contributed by atoms with Crippen LogP contribution in [0.1, 0.15) is 17.7 Å². The number of carbonyl (C=O) groups is 1. The van der Waals surface area contributed by atoms with E-state index in [1.807, 2.05) is 19.1 Å². The van der Waals surface area contributed by atoms with E-state index in [0.717, 1.165) is 33.5 Å². The van der Waals surface area contributed by atoms with E-state index in [9.17, 15) is 14.9 Å². The predicted octanol–water partition coefficient (Wildman–Crippen LogP) is 4.94. The zero-order chi connectivity index (χ0) is 20.8. The molecule has 0 amide bonds. The van der Waals surface area contributed by atoms with Crippen molar-refractivity contribution in [2.75, 3.05) is 12.8 Å². The summed E-state index contributed by atoms with van der Waals surface area (Å²) in [6.45, 7) is 1.85. The molecule has 8 heteroatoms. The Hall–Kier alpha value is -3.26. The second-order valence-electron chi connectivity index (χ2n) is 6.21. The number of aryl methyl sites for hydroxylation is 1. The summed E-state index contributed by atoms with van der Waals surface area (Å²) in [4.78, 5) is 30.2. The molecule has 0 aliphatic carbocycles. The summed E-state index contributed by atoms with van der Waals surface area (Å²) in [6, 6.07) is 13.8. The lowest BCUT2D eigenvalue weighted by atomic mass is 10.2. The summed E-state index contributed by atoms with van der Waals surface area (Å²) in [7, 11) is 1.70. The van der Waals surface area contributed by atoms with E-state index < -0.39 is 4.92 Å². The van der Waals surface area contributed by atoms with Crippen LogP contribution >= 0.6 is 11.8 Å². The van der Waals surface area contributed by atoms with Crippen LogP contribution in [0.4, 0.5) is 5.69 Å². The maximum Gasteiger partial charge on any atom is 0.311 e. The van der Waals surface area contributed by atoms with Gasteiger partial charge in [-0.1, -0.05) is 12.1 Å². The SMILES string of the molecule is C/N=C(\SCCC=O)c1ccc2cc(Oc3cc(C)ccc3[N+](=O)[O-])ccc2n1. The largest absolute Gasteiger partial charge is 0.450 e. The minimum atomic E-state index is -0.461. The van der Waals surface area contributed by atoms with E-state index in [1.54, 1.807) is 37.4 Å². The van der Waals surface area contributed by atoms with E-state index in [2.05, 4.69) is 9.98 Å². The highest BCUT2D eigenvalue weighted by atomic mass is 32.2. The van der Waals surface area contributed by atoms with Crippen LogP contribution in [0, 0.1) is 17.0 Å². The van der Waals surface area contributed by atoms with Gasteiger partial charge < -0.3 is 9.53 Å². The van der Waals surface area contributed by atoms with Crippen molar-refractivity contribution in [3.8, 4) is 11.5 Å². The molecule has 0 aliphatic heterocycles. The van der Waals surface area contributed by atoms with Crippen molar-refractivity contribution in [2.24, 2.45) is 4.99 Å². The molecule has 0 N–H and O–H groups in total. The number of pyridine rings is 1. The number of ether oxygens (including phenoxy) is 1. The molecule has 3 aromatic rings. The molecular formula is C21H19N3O4S. The topological polar surface area (TPSA) is 94.7 Å². The number of nitro benzene ring substituents is 1. The highest BCUT2D eigenvalue weighted by Crippen LogP contribution is 2.33. The van der Waals surface area contributed by atoms with Crippen molar-refractivity contribution in [2.45, 2.75) is 13.3 Å². The average Bonchev–Trinajstić information content (AvgIpc) is 2.71. The number of nitrogens with zero attached hydrogens (tertiary/aromatic N) is 3. The molecule has 0 radical (unpaired) electrons. The van der Waals surface area contributed by atoms with E-state index in [1.165, 1.54) is 17.8 Å². The van der Waals surface area contributed by atoms with E-state index in [4.69, 9.17) is 4.74 Å². The van der Waals surface area contributed by atoms with Gasteiger partial charge in [-0.05, 0) is 42.8 Å². The van der Waals surface area contributed by atoms with Crippen LogP contribution in [0.15, 0.2) is 53.5 Å². The highest BCUT2D eigenvalue weighted by molar-refractivity contribution is 8.14. The second kappa shape index (κ2) is 9.29. The quantitative estimate of drug-likeness (QED) is 0.137. The van der Waals surface area contributed by atoms with Crippen LogP contribution < -0.4 is 4.74 Å². The molecule has 0 aliphatic rings. The lowest BCUT2D eigenvalue weighted by Gasteiger charge is -2.09. The Morgan fingerprint density at radius 3 is 2.79 bits per heavy atom. The van der Waals surface area contributed by atoms with Gasteiger partial charge in [0.2, 0.25) is 5.75 Å². The van der Waals surface area contributed by atoms with Gasteiger partial charge in [-0.25, -0.2) is 4.98 Å².